The molecule has 0 saturated carbocycles. The number of nitrogens with zero attached hydrogens (tertiary/aromatic N) is 1. The molecule has 3 nitrogen and oxygen atoms in total. The summed E-state index contributed by atoms with van der Waals surface area (Å²) in [6.07, 6.45) is 2.41. The summed E-state index contributed by atoms with van der Waals surface area (Å²) in [5.74, 6) is 1.33. The van der Waals surface area contributed by atoms with Crippen LogP contribution in [0.1, 0.15) is 18.2 Å². The number of pyridine rings is 1. The molecule has 0 aliphatic carbocycles. The maximum Gasteiger partial charge on any atom is 0.149 e. The number of hydrogen-bond donors (Lipinski definition) is 1. The molecule has 100 valence electrons. The lowest BCUT2D eigenvalue weighted by Crippen LogP contribution is -2.18. The molecule has 1 atom stereocenters. The van der Waals surface area contributed by atoms with E-state index in [2.05, 4.69) is 4.98 Å². The average molecular weight is 277 g/mol. The highest BCUT2D eigenvalue weighted by Gasteiger charge is 2.11. The SMILES string of the molecule is Cc1ccc(Oc2c(Cl)cccc2CC(C)N)cn1. The average Bonchev–Trinajstić information content (AvgIpc) is 2.35. The molecule has 0 bridgehead atoms. The maximum absolute atomic E-state index is 6.21. The fraction of sp³-hybridized carbons (Fsp3) is 0.267. The van der Waals surface area contributed by atoms with Crippen LogP contribution in [0.2, 0.25) is 5.02 Å². The molecule has 4 heteroatoms. The van der Waals surface area contributed by atoms with Crippen molar-refractivity contribution in [1.29, 1.82) is 0 Å². The van der Waals surface area contributed by atoms with Crippen LogP contribution in [0.4, 0.5) is 0 Å². The molecule has 1 aromatic heterocycles. The fourth-order valence-electron chi connectivity index (χ4n) is 1.81. The van der Waals surface area contributed by atoms with E-state index in [1.807, 2.05) is 44.2 Å². The fourth-order valence-corrected chi connectivity index (χ4v) is 2.04. The van der Waals surface area contributed by atoms with Gasteiger partial charge in [0.05, 0.1) is 11.2 Å². The molecule has 0 saturated heterocycles. The molecule has 0 aliphatic heterocycles. The summed E-state index contributed by atoms with van der Waals surface area (Å²) in [7, 11) is 0. The van der Waals surface area contributed by atoms with Crippen molar-refractivity contribution in [3.8, 4) is 11.5 Å². The lowest BCUT2D eigenvalue weighted by molar-refractivity contribution is 0.471. The van der Waals surface area contributed by atoms with Crippen molar-refractivity contribution in [2.24, 2.45) is 5.73 Å². The zero-order valence-electron chi connectivity index (χ0n) is 11.1. The first kappa shape index (κ1) is 13.8. The summed E-state index contributed by atoms with van der Waals surface area (Å²) in [4.78, 5) is 4.20. The van der Waals surface area contributed by atoms with Crippen LogP contribution in [0.5, 0.6) is 11.5 Å². The summed E-state index contributed by atoms with van der Waals surface area (Å²) in [5, 5.41) is 0.582. The van der Waals surface area contributed by atoms with E-state index in [0.29, 0.717) is 16.5 Å². The lowest BCUT2D eigenvalue weighted by atomic mass is 10.1. The zero-order chi connectivity index (χ0) is 13.8. The maximum atomic E-state index is 6.21. The van der Waals surface area contributed by atoms with Gasteiger partial charge < -0.3 is 10.5 Å². The number of rotatable bonds is 4. The first-order chi connectivity index (χ1) is 9.06. The highest BCUT2D eigenvalue weighted by Crippen LogP contribution is 2.33. The van der Waals surface area contributed by atoms with E-state index in [1.165, 1.54) is 0 Å². The van der Waals surface area contributed by atoms with Crippen LogP contribution in [0.3, 0.4) is 0 Å². The minimum atomic E-state index is 0.0527. The van der Waals surface area contributed by atoms with Crippen LogP contribution in [0.15, 0.2) is 36.5 Å². The number of para-hydroxylation sites is 1. The van der Waals surface area contributed by atoms with Gasteiger partial charge in [-0.3, -0.25) is 4.98 Å². The summed E-state index contributed by atoms with van der Waals surface area (Å²) < 4.78 is 5.85. The molecular formula is C15H17ClN2O. The second-order valence-electron chi connectivity index (χ2n) is 4.65. The number of nitrogens with two attached hydrogens (primary N) is 1. The van der Waals surface area contributed by atoms with Crippen molar-refractivity contribution < 1.29 is 4.74 Å². The smallest absolute Gasteiger partial charge is 0.149 e. The summed E-state index contributed by atoms with van der Waals surface area (Å²) in [5.41, 5.74) is 7.80. The minimum Gasteiger partial charge on any atom is -0.454 e. The van der Waals surface area contributed by atoms with Crippen LogP contribution in [-0.2, 0) is 6.42 Å². The van der Waals surface area contributed by atoms with Gasteiger partial charge >= 0.3 is 0 Å². The van der Waals surface area contributed by atoms with Crippen molar-refractivity contribution in [3.63, 3.8) is 0 Å². The third-order valence-corrected chi connectivity index (χ3v) is 2.99. The van der Waals surface area contributed by atoms with Crippen molar-refractivity contribution in [2.45, 2.75) is 26.3 Å². The quantitative estimate of drug-likeness (QED) is 0.926. The largest absolute Gasteiger partial charge is 0.454 e. The highest BCUT2D eigenvalue weighted by atomic mass is 35.5. The van der Waals surface area contributed by atoms with Gasteiger partial charge in [0, 0.05) is 11.7 Å². The summed E-state index contributed by atoms with van der Waals surface area (Å²) in [6, 6.07) is 9.52. The van der Waals surface area contributed by atoms with E-state index in [4.69, 9.17) is 22.1 Å². The number of benzene rings is 1. The highest BCUT2D eigenvalue weighted by molar-refractivity contribution is 6.32. The second kappa shape index (κ2) is 6.04. The monoisotopic (exact) mass is 276 g/mol. The zero-order valence-corrected chi connectivity index (χ0v) is 11.8. The second-order valence-corrected chi connectivity index (χ2v) is 5.05. The van der Waals surface area contributed by atoms with Crippen molar-refractivity contribution >= 4 is 11.6 Å². The third kappa shape index (κ3) is 3.69. The Hall–Kier alpha value is -1.58. The van der Waals surface area contributed by atoms with Crippen molar-refractivity contribution in [3.05, 3.63) is 52.8 Å². The Bertz CT molecular complexity index is 553. The van der Waals surface area contributed by atoms with Crippen molar-refractivity contribution in [1.82, 2.24) is 4.98 Å². The van der Waals surface area contributed by atoms with Crippen LogP contribution in [0.25, 0.3) is 0 Å². The van der Waals surface area contributed by atoms with E-state index >= 15 is 0 Å². The predicted molar refractivity (Wildman–Crippen MR) is 77.9 cm³/mol. The Morgan fingerprint density at radius 2 is 2.11 bits per heavy atom. The van der Waals surface area contributed by atoms with Gasteiger partial charge in [-0.25, -0.2) is 0 Å². The molecule has 2 N–H and O–H groups in total. The number of aryl methyl sites for hydroxylation is 1. The molecule has 2 rings (SSSR count). The number of ether oxygens (including phenoxy) is 1. The van der Waals surface area contributed by atoms with Gasteiger partial charge in [0.25, 0.3) is 0 Å². The van der Waals surface area contributed by atoms with Gasteiger partial charge in [-0.2, -0.15) is 0 Å². The van der Waals surface area contributed by atoms with E-state index in [1.54, 1.807) is 6.20 Å². The Labute approximate surface area is 118 Å². The van der Waals surface area contributed by atoms with Gasteiger partial charge in [-0.1, -0.05) is 23.7 Å². The predicted octanol–water partition coefficient (Wildman–Crippen LogP) is 3.73. The molecule has 0 aliphatic rings. The van der Waals surface area contributed by atoms with Gasteiger partial charge in [-0.15, -0.1) is 0 Å². The normalized spacial score (nSPS) is 12.2. The van der Waals surface area contributed by atoms with E-state index in [0.717, 1.165) is 17.7 Å². The van der Waals surface area contributed by atoms with E-state index in [-0.39, 0.29) is 6.04 Å². The van der Waals surface area contributed by atoms with Gasteiger partial charge in [-0.05, 0) is 44.0 Å². The minimum absolute atomic E-state index is 0.0527. The summed E-state index contributed by atoms with van der Waals surface area (Å²) >= 11 is 6.21. The van der Waals surface area contributed by atoms with Crippen LogP contribution in [-0.4, -0.2) is 11.0 Å². The standard InChI is InChI=1S/C15H17ClN2O/c1-10(17)8-12-4-3-5-14(16)15(12)19-13-7-6-11(2)18-9-13/h3-7,9-10H,8,17H2,1-2H3. The molecule has 0 fully saturated rings. The first-order valence-corrected chi connectivity index (χ1v) is 6.57. The molecular weight excluding hydrogens is 260 g/mol. The number of hydrogen-bond acceptors (Lipinski definition) is 3. The van der Waals surface area contributed by atoms with Gasteiger partial charge in [0.2, 0.25) is 0 Å². The molecule has 1 unspecified atom stereocenters. The van der Waals surface area contributed by atoms with Crippen LogP contribution in [0, 0.1) is 6.92 Å². The third-order valence-electron chi connectivity index (χ3n) is 2.69. The van der Waals surface area contributed by atoms with Gasteiger partial charge in [0.1, 0.15) is 11.5 Å². The number of aromatic nitrogens is 1. The molecule has 1 aromatic carbocycles. The Kier molecular flexibility index (Phi) is 4.40. The van der Waals surface area contributed by atoms with E-state index in [9.17, 15) is 0 Å². The van der Waals surface area contributed by atoms with Crippen molar-refractivity contribution in [2.75, 3.05) is 0 Å². The Balaban J connectivity index is 2.30. The molecule has 1 heterocycles. The molecule has 0 amide bonds. The Morgan fingerprint density at radius 3 is 2.74 bits per heavy atom. The number of halogens is 1. The topological polar surface area (TPSA) is 48.1 Å². The molecule has 0 radical (unpaired) electrons. The lowest BCUT2D eigenvalue weighted by Gasteiger charge is -2.14. The Morgan fingerprint density at radius 1 is 1.32 bits per heavy atom. The van der Waals surface area contributed by atoms with E-state index < -0.39 is 0 Å². The van der Waals surface area contributed by atoms with Crippen LogP contribution >= 0.6 is 11.6 Å². The summed E-state index contributed by atoms with van der Waals surface area (Å²) in [6.45, 7) is 3.89. The van der Waals surface area contributed by atoms with Gasteiger partial charge in [0.15, 0.2) is 0 Å². The molecule has 19 heavy (non-hydrogen) atoms. The molecule has 2 aromatic rings. The van der Waals surface area contributed by atoms with Crippen LogP contribution < -0.4 is 10.5 Å². The molecule has 0 spiro atoms. The first-order valence-electron chi connectivity index (χ1n) is 6.19.